The number of likely N-dealkylation sites (N-methyl/N-ethyl adjacent to an activating group) is 1. The maximum Gasteiger partial charge on any atom is 0.279 e. The summed E-state index contributed by atoms with van der Waals surface area (Å²) in [5, 5.41) is 2.86. The lowest BCUT2D eigenvalue weighted by Crippen LogP contribution is -3.15. The molecule has 5 heteroatoms. The van der Waals surface area contributed by atoms with Crippen LogP contribution in [-0.2, 0) is 9.59 Å². The topological polar surface area (TPSA) is 76.6 Å². The molecule has 0 spiro atoms. The molecule has 0 saturated carbocycles. The van der Waals surface area contributed by atoms with Gasteiger partial charge < -0.3 is 16.0 Å². The molecular weight excluding hydrogens is 242 g/mol. The standard InChI is InChI=1S/C14H21N3O2/c1-9-6-5-7-12(10(9)2)16-13(18)8-17(4)11(3)14(15)19/h5-7,11H,8H2,1-4H3,(H2,15,19)(H,16,18)/p+1/t11-/m0/s1. The largest absolute Gasteiger partial charge is 0.365 e. The Labute approximate surface area is 113 Å². The molecule has 1 aromatic carbocycles. The Kier molecular flexibility index (Phi) is 5.06. The normalized spacial score (nSPS) is 13.7. The van der Waals surface area contributed by atoms with Gasteiger partial charge in [0.25, 0.3) is 11.8 Å². The Morgan fingerprint density at radius 2 is 2.00 bits per heavy atom. The minimum atomic E-state index is -0.406. The van der Waals surface area contributed by atoms with Crippen molar-refractivity contribution in [3.63, 3.8) is 0 Å². The summed E-state index contributed by atoms with van der Waals surface area (Å²) >= 11 is 0. The summed E-state index contributed by atoms with van der Waals surface area (Å²) in [6.45, 7) is 5.88. The minimum absolute atomic E-state index is 0.126. The third-order valence-corrected chi connectivity index (χ3v) is 3.48. The Morgan fingerprint density at radius 3 is 2.58 bits per heavy atom. The average molecular weight is 264 g/mol. The van der Waals surface area contributed by atoms with Gasteiger partial charge in [0.05, 0.1) is 7.05 Å². The summed E-state index contributed by atoms with van der Waals surface area (Å²) in [5.41, 5.74) is 8.21. The number of carbonyl (C=O) groups excluding carboxylic acids is 2. The number of nitrogens with one attached hydrogen (secondary N) is 2. The smallest absolute Gasteiger partial charge is 0.279 e. The zero-order valence-electron chi connectivity index (χ0n) is 11.9. The summed E-state index contributed by atoms with van der Waals surface area (Å²) in [7, 11) is 1.78. The number of benzene rings is 1. The van der Waals surface area contributed by atoms with Gasteiger partial charge in [-0.3, -0.25) is 9.59 Å². The molecule has 0 aliphatic heterocycles. The van der Waals surface area contributed by atoms with Crippen LogP contribution < -0.4 is 16.0 Å². The highest BCUT2D eigenvalue weighted by Crippen LogP contribution is 2.17. The fourth-order valence-electron chi connectivity index (χ4n) is 1.73. The number of carbonyl (C=O) groups is 2. The van der Waals surface area contributed by atoms with E-state index >= 15 is 0 Å². The second-order valence-electron chi connectivity index (χ2n) is 4.94. The van der Waals surface area contributed by atoms with Crippen LogP contribution in [0.2, 0.25) is 0 Å². The summed E-state index contributed by atoms with van der Waals surface area (Å²) < 4.78 is 0. The van der Waals surface area contributed by atoms with Gasteiger partial charge in [-0.2, -0.15) is 0 Å². The third kappa shape index (κ3) is 4.06. The minimum Gasteiger partial charge on any atom is -0.365 e. The van der Waals surface area contributed by atoms with Crippen LogP contribution in [0.5, 0.6) is 0 Å². The van der Waals surface area contributed by atoms with Crippen LogP contribution in [0.4, 0.5) is 5.69 Å². The fourth-order valence-corrected chi connectivity index (χ4v) is 1.73. The maximum absolute atomic E-state index is 11.9. The second-order valence-corrected chi connectivity index (χ2v) is 4.94. The predicted octanol–water partition coefficient (Wildman–Crippen LogP) is -0.370. The SMILES string of the molecule is Cc1cccc(NC(=O)C[NH+](C)[C@@H](C)C(N)=O)c1C. The van der Waals surface area contributed by atoms with Crippen LogP contribution in [0.3, 0.4) is 0 Å². The first-order chi connectivity index (χ1) is 8.82. The number of nitrogens with two attached hydrogens (primary N) is 1. The van der Waals surface area contributed by atoms with Crippen LogP contribution in [0.15, 0.2) is 18.2 Å². The molecule has 19 heavy (non-hydrogen) atoms. The number of hydrogen-bond donors (Lipinski definition) is 3. The molecule has 2 atom stereocenters. The number of rotatable bonds is 5. The summed E-state index contributed by atoms with van der Waals surface area (Å²) in [5.74, 6) is -0.531. The van der Waals surface area contributed by atoms with Gasteiger partial charge in [-0.05, 0) is 38.0 Å². The molecule has 0 heterocycles. The number of amides is 2. The van der Waals surface area contributed by atoms with Crippen molar-refractivity contribution in [2.24, 2.45) is 5.73 Å². The predicted molar refractivity (Wildman–Crippen MR) is 75.0 cm³/mol. The van der Waals surface area contributed by atoms with Crippen molar-refractivity contribution >= 4 is 17.5 Å². The van der Waals surface area contributed by atoms with Crippen molar-refractivity contribution in [3.05, 3.63) is 29.3 Å². The van der Waals surface area contributed by atoms with Crippen LogP contribution in [0.1, 0.15) is 18.1 Å². The zero-order chi connectivity index (χ0) is 14.6. The molecule has 0 radical (unpaired) electrons. The highest BCUT2D eigenvalue weighted by atomic mass is 16.2. The van der Waals surface area contributed by atoms with E-state index in [1.165, 1.54) is 0 Å². The zero-order valence-corrected chi connectivity index (χ0v) is 11.9. The quantitative estimate of drug-likeness (QED) is 0.678. The van der Waals surface area contributed by atoms with Gasteiger partial charge in [-0.1, -0.05) is 12.1 Å². The van der Waals surface area contributed by atoms with Gasteiger partial charge in [-0.25, -0.2) is 0 Å². The molecule has 0 aromatic heterocycles. The highest BCUT2D eigenvalue weighted by Gasteiger charge is 2.21. The van der Waals surface area contributed by atoms with Crippen LogP contribution in [-0.4, -0.2) is 31.4 Å². The number of aryl methyl sites for hydroxylation is 1. The Hall–Kier alpha value is -1.88. The molecule has 1 aromatic rings. The van der Waals surface area contributed by atoms with Gasteiger partial charge in [0.1, 0.15) is 0 Å². The summed E-state index contributed by atoms with van der Waals surface area (Å²) in [6.07, 6.45) is 0. The van der Waals surface area contributed by atoms with Crippen molar-refractivity contribution in [3.8, 4) is 0 Å². The lowest BCUT2D eigenvalue weighted by molar-refractivity contribution is -0.885. The Morgan fingerprint density at radius 1 is 1.37 bits per heavy atom. The number of hydrogen-bond acceptors (Lipinski definition) is 2. The Bertz CT molecular complexity index is 486. The molecule has 0 fully saturated rings. The Balaban J connectivity index is 2.66. The van der Waals surface area contributed by atoms with Gasteiger partial charge >= 0.3 is 0 Å². The second kappa shape index (κ2) is 6.33. The molecular formula is C14H22N3O2+. The first kappa shape index (κ1) is 15.2. The van der Waals surface area contributed by atoms with Crippen molar-refractivity contribution in [1.82, 2.24) is 0 Å². The van der Waals surface area contributed by atoms with E-state index in [1.54, 1.807) is 14.0 Å². The first-order valence-electron chi connectivity index (χ1n) is 6.30. The molecule has 0 bridgehead atoms. The molecule has 104 valence electrons. The molecule has 2 amide bonds. The van der Waals surface area contributed by atoms with Crippen LogP contribution in [0.25, 0.3) is 0 Å². The van der Waals surface area contributed by atoms with Gasteiger partial charge in [0.15, 0.2) is 12.6 Å². The molecule has 0 aliphatic carbocycles. The first-order valence-corrected chi connectivity index (χ1v) is 6.30. The average Bonchev–Trinajstić information content (AvgIpc) is 2.33. The van der Waals surface area contributed by atoms with E-state index in [4.69, 9.17) is 5.73 Å². The lowest BCUT2D eigenvalue weighted by Gasteiger charge is -2.19. The maximum atomic E-state index is 11.9. The van der Waals surface area contributed by atoms with E-state index in [2.05, 4.69) is 5.32 Å². The number of quaternary nitrogens is 1. The number of anilines is 1. The molecule has 0 aliphatic rings. The fraction of sp³-hybridized carbons (Fsp3) is 0.429. The summed E-state index contributed by atoms with van der Waals surface area (Å²) in [4.78, 5) is 23.8. The molecule has 1 unspecified atom stereocenters. The molecule has 5 nitrogen and oxygen atoms in total. The third-order valence-electron chi connectivity index (χ3n) is 3.48. The van der Waals surface area contributed by atoms with Gasteiger partial charge in [0, 0.05) is 5.69 Å². The van der Waals surface area contributed by atoms with Crippen LogP contribution in [0, 0.1) is 13.8 Å². The van der Waals surface area contributed by atoms with E-state index in [0.29, 0.717) is 0 Å². The van der Waals surface area contributed by atoms with Gasteiger partial charge in [-0.15, -0.1) is 0 Å². The molecule has 1 rings (SSSR count). The van der Waals surface area contributed by atoms with Crippen molar-refractivity contribution in [1.29, 1.82) is 0 Å². The molecule has 0 saturated heterocycles. The van der Waals surface area contributed by atoms with E-state index in [1.807, 2.05) is 32.0 Å². The highest BCUT2D eigenvalue weighted by molar-refractivity contribution is 5.92. The van der Waals surface area contributed by atoms with Crippen LogP contribution >= 0.6 is 0 Å². The monoisotopic (exact) mass is 264 g/mol. The van der Waals surface area contributed by atoms with E-state index < -0.39 is 5.91 Å². The van der Waals surface area contributed by atoms with E-state index in [-0.39, 0.29) is 18.5 Å². The van der Waals surface area contributed by atoms with E-state index in [0.717, 1.165) is 21.7 Å². The molecule has 4 N–H and O–H groups in total. The van der Waals surface area contributed by atoms with Gasteiger partial charge in [0.2, 0.25) is 0 Å². The van der Waals surface area contributed by atoms with Crippen molar-refractivity contribution < 1.29 is 14.5 Å². The van der Waals surface area contributed by atoms with E-state index in [9.17, 15) is 9.59 Å². The van der Waals surface area contributed by atoms with Crippen molar-refractivity contribution in [2.45, 2.75) is 26.8 Å². The lowest BCUT2D eigenvalue weighted by atomic mass is 10.1. The van der Waals surface area contributed by atoms with Crippen molar-refractivity contribution in [2.75, 3.05) is 18.9 Å². The summed E-state index contributed by atoms with van der Waals surface area (Å²) in [6, 6.07) is 5.38. The number of primary amides is 1.